The van der Waals surface area contributed by atoms with Gasteiger partial charge in [-0.1, -0.05) is 50.1 Å². The van der Waals surface area contributed by atoms with E-state index in [4.69, 9.17) is 14.2 Å². The van der Waals surface area contributed by atoms with Crippen molar-refractivity contribution in [3.05, 3.63) is 53.6 Å². The van der Waals surface area contributed by atoms with E-state index >= 15 is 0 Å². The molecule has 2 aromatic carbocycles. The Hall–Kier alpha value is -2.26. The second-order valence-corrected chi connectivity index (χ2v) is 6.75. The van der Waals surface area contributed by atoms with E-state index in [-0.39, 0.29) is 6.79 Å². The van der Waals surface area contributed by atoms with Crippen LogP contribution in [0.3, 0.4) is 0 Å². The molecule has 138 valence electrons. The van der Waals surface area contributed by atoms with E-state index in [2.05, 4.69) is 50.8 Å². The molecular formula is C23H28O3. The second-order valence-electron chi connectivity index (χ2n) is 6.75. The third-order valence-corrected chi connectivity index (χ3v) is 4.67. The molecule has 0 aromatic heterocycles. The van der Waals surface area contributed by atoms with Gasteiger partial charge < -0.3 is 14.2 Å². The third-order valence-electron chi connectivity index (χ3n) is 4.67. The molecule has 26 heavy (non-hydrogen) atoms. The summed E-state index contributed by atoms with van der Waals surface area (Å²) in [4.78, 5) is 0. The SMILES string of the molecule is C=C1Oc2cc(CCCCC)cc(OCOCC)c2-c2cc(C)ccc21. The number of benzene rings is 2. The van der Waals surface area contributed by atoms with E-state index in [0.29, 0.717) is 12.4 Å². The molecule has 1 aliphatic rings. The van der Waals surface area contributed by atoms with Crippen molar-refractivity contribution in [2.45, 2.75) is 46.5 Å². The fourth-order valence-corrected chi connectivity index (χ4v) is 3.31. The van der Waals surface area contributed by atoms with Crippen LogP contribution in [0.1, 0.15) is 49.8 Å². The molecule has 0 saturated heterocycles. The standard InChI is InChI=1S/C23H28O3/c1-5-7-8-9-18-13-21(25-15-24-6-2)23-20-12-16(3)10-11-19(20)17(4)26-22(23)14-18/h10-14H,4-9,15H2,1-3H3. The van der Waals surface area contributed by atoms with Gasteiger partial charge in [-0.15, -0.1) is 0 Å². The van der Waals surface area contributed by atoms with Gasteiger partial charge in [-0.2, -0.15) is 0 Å². The van der Waals surface area contributed by atoms with Crippen LogP contribution in [-0.2, 0) is 11.2 Å². The first-order valence-electron chi connectivity index (χ1n) is 9.49. The van der Waals surface area contributed by atoms with E-state index in [9.17, 15) is 0 Å². The minimum Gasteiger partial charge on any atom is -0.467 e. The first-order valence-corrected chi connectivity index (χ1v) is 9.49. The van der Waals surface area contributed by atoms with Crippen LogP contribution in [0.2, 0.25) is 0 Å². The second kappa shape index (κ2) is 8.41. The number of fused-ring (bicyclic) bond motifs is 3. The number of rotatable bonds is 8. The fourth-order valence-electron chi connectivity index (χ4n) is 3.31. The molecule has 0 N–H and O–H groups in total. The van der Waals surface area contributed by atoms with Crippen LogP contribution >= 0.6 is 0 Å². The van der Waals surface area contributed by atoms with Gasteiger partial charge in [-0.05, 0) is 44.4 Å². The molecule has 0 fully saturated rings. The summed E-state index contributed by atoms with van der Waals surface area (Å²) in [6, 6.07) is 10.6. The smallest absolute Gasteiger partial charge is 0.189 e. The number of hydrogen-bond acceptors (Lipinski definition) is 3. The van der Waals surface area contributed by atoms with Gasteiger partial charge in [0.2, 0.25) is 0 Å². The number of ether oxygens (including phenoxy) is 3. The number of hydrogen-bond donors (Lipinski definition) is 0. The molecule has 0 saturated carbocycles. The molecule has 2 aromatic rings. The van der Waals surface area contributed by atoms with E-state index in [1.54, 1.807) is 0 Å². The Bertz CT molecular complexity index is 792. The third kappa shape index (κ3) is 3.94. The molecule has 3 rings (SSSR count). The summed E-state index contributed by atoms with van der Waals surface area (Å²) in [5.41, 5.74) is 5.56. The quantitative estimate of drug-likeness (QED) is 0.422. The number of unbranched alkanes of at least 4 members (excludes halogenated alkanes) is 2. The summed E-state index contributed by atoms with van der Waals surface area (Å²) >= 11 is 0. The van der Waals surface area contributed by atoms with Crippen molar-refractivity contribution in [3.8, 4) is 22.6 Å². The number of aryl methyl sites for hydroxylation is 2. The van der Waals surface area contributed by atoms with Crippen molar-refractivity contribution >= 4 is 5.76 Å². The van der Waals surface area contributed by atoms with E-state index in [1.807, 2.05) is 6.92 Å². The molecule has 3 nitrogen and oxygen atoms in total. The highest BCUT2D eigenvalue weighted by atomic mass is 16.7. The first-order chi connectivity index (χ1) is 12.6. The van der Waals surface area contributed by atoms with Gasteiger partial charge in [0, 0.05) is 17.7 Å². The Kier molecular flexibility index (Phi) is 6.00. The zero-order valence-corrected chi connectivity index (χ0v) is 16.1. The molecule has 0 amide bonds. The van der Waals surface area contributed by atoms with Crippen LogP contribution in [0.5, 0.6) is 11.5 Å². The van der Waals surface area contributed by atoms with Gasteiger partial charge in [0.05, 0.1) is 5.56 Å². The molecule has 0 spiro atoms. The van der Waals surface area contributed by atoms with Crippen LogP contribution in [-0.4, -0.2) is 13.4 Å². The van der Waals surface area contributed by atoms with Gasteiger partial charge in [0.1, 0.15) is 17.3 Å². The highest BCUT2D eigenvalue weighted by Crippen LogP contribution is 2.47. The average molecular weight is 352 g/mol. The summed E-state index contributed by atoms with van der Waals surface area (Å²) in [5.74, 6) is 2.34. The molecule has 1 aliphatic heterocycles. The van der Waals surface area contributed by atoms with Gasteiger partial charge in [-0.3, -0.25) is 0 Å². The van der Waals surface area contributed by atoms with Crippen molar-refractivity contribution < 1.29 is 14.2 Å². The van der Waals surface area contributed by atoms with E-state index in [0.717, 1.165) is 41.0 Å². The van der Waals surface area contributed by atoms with Crippen molar-refractivity contribution in [1.29, 1.82) is 0 Å². The molecule has 0 unspecified atom stereocenters. The Morgan fingerprint density at radius 3 is 2.65 bits per heavy atom. The Balaban J connectivity index is 2.04. The minimum atomic E-state index is 0.240. The lowest BCUT2D eigenvalue weighted by Gasteiger charge is -2.25. The summed E-state index contributed by atoms with van der Waals surface area (Å²) in [5, 5.41) is 0. The highest BCUT2D eigenvalue weighted by Gasteiger charge is 2.25. The Labute approximate surface area is 156 Å². The monoisotopic (exact) mass is 352 g/mol. The van der Waals surface area contributed by atoms with Crippen LogP contribution < -0.4 is 9.47 Å². The van der Waals surface area contributed by atoms with E-state index in [1.165, 1.54) is 24.0 Å². The first kappa shape index (κ1) is 18.5. The molecule has 0 atom stereocenters. The Morgan fingerprint density at radius 2 is 1.88 bits per heavy atom. The van der Waals surface area contributed by atoms with Crippen LogP contribution in [0.15, 0.2) is 36.9 Å². The maximum absolute atomic E-state index is 6.08. The van der Waals surface area contributed by atoms with Gasteiger partial charge in [-0.25, -0.2) is 0 Å². The average Bonchev–Trinajstić information content (AvgIpc) is 2.61. The zero-order valence-electron chi connectivity index (χ0n) is 16.1. The molecule has 3 heteroatoms. The van der Waals surface area contributed by atoms with Crippen LogP contribution in [0.25, 0.3) is 16.9 Å². The van der Waals surface area contributed by atoms with Gasteiger partial charge in [0.15, 0.2) is 6.79 Å². The summed E-state index contributed by atoms with van der Waals surface area (Å²) < 4.78 is 17.5. The lowest BCUT2D eigenvalue weighted by atomic mass is 9.91. The van der Waals surface area contributed by atoms with Crippen molar-refractivity contribution in [2.24, 2.45) is 0 Å². The summed E-state index contributed by atoms with van der Waals surface area (Å²) in [6.45, 7) is 11.2. The highest BCUT2D eigenvalue weighted by molar-refractivity contribution is 5.90. The fraction of sp³-hybridized carbons (Fsp3) is 0.391. The van der Waals surface area contributed by atoms with Crippen molar-refractivity contribution in [3.63, 3.8) is 0 Å². The Morgan fingerprint density at radius 1 is 1.04 bits per heavy atom. The molecule has 0 radical (unpaired) electrons. The molecule has 0 aliphatic carbocycles. The molecule has 1 heterocycles. The van der Waals surface area contributed by atoms with Gasteiger partial charge in [0.25, 0.3) is 0 Å². The summed E-state index contributed by atoms with van der Waals surface area (Å²) in [6.07, 6.45) is 4.61. The lowest BCUT2D eigenvalue weighted by Crippen LogP contribution is -2.09. The molecule has 0 bridgehead atoms. The zero-order chi connectivity index (χ0) is 18.5. The van der Waals surface area contributed by atoms with Crippen LogP contribution in [0.4, 0.5) is 0 Å². The van der Waals surface area contributed by atoms with Crippen LogP contribution in [0, 0.1) is 6.92 Å². The van der Waals surface area contributed by atoms with Crippen molar-refractivity contribution in [1.82, 2.24) is 0 Å². The summed E-state index contributed by atoms with van der Waals surface area (Å²) in [7, 11) is 0. The normalized spacial score (nSPS) is 12.3. The van der Waals surface area contributed by atoms with Crippen molar-refractivity contribution in [2.75, 3.05) is 13.4 Å². The van der Waals surface area contributed by atoms with E-state index < -0.39 is 0 Å². The maximum Gasteiger partial charge on any atom is 0.189 e. The minimum absolute atomic E-state index is 0.240. The topological polar surface area (TPSA) is 27.7 Å². The largest absolute Gasteiger partial charge is 0.467 e. The molecular weight excluding hydrogens is 324 g/mol. The van der Waals surface area contributed by atoms with Gasteiger partial charge >= 0.3 is 0 Å². The predicted molar refractivity (Wildman–Crippen MR) is 107 cm³/mol. The predicted octanol–water partition coefficient (Wildman–Crippen LogP) is 6.13. The maximum atomic E-state index is 6.08. The lowest BCUT2D eigenvalue weighted by molar-refractivity contribution is 0.0226.